The molecule has 10 nitrogen and oxygen atoms in total. The molecular formula is C19H20N6O4S3. The number of β-lactam (4-membered cyclic amide) rings is 1. The van der Waals surface area contributed by atoms with Crippen LogP contribution in [0.4, 0.5) is 10.8 Å². The number of carboxylic acids is 1. The number of carbonyl (C=O) groups excluding carboxylic acids is 2. The standard InChI is InChI=1S/C19H20N6O4S3/c1-21-18-23-24-19(32-18)31-8-10-7-30-16-13(15(27)25(16)14(10)17(28)29)22-12(26)6-9-4-2-3-5-11(9)20/h2-5,13,16H,6-8,20H2,1H3,(H,21,23)(H,22,26)(H,28,29)/t13?,16-/m1/s1. The zero-order valence-corrected chi connectivity index (χ0v) is 19.4. The second-order valence-corrected chi connectivity index (χ2v) is 10.3. The molecule has 0 saturated carbocycles. The lowest BCUT2D eigenvalue weighted by Crippen LogP contribution is -2.70. The Bertz CT molecular complexity index is 1100. The van der Waals surface area contributed by atoms with Crippen molar-refractivity contribution in [1.29, 1.82) is 0 Å². The molecule has 4 rings (SSSR count). The van der Waals surface area contributed by atoms with E-state index in [0.29, 0.717) is 37.8 Å². The smallest absolute Gasteiger partial charge is 0.352 e. The SMILES string of the molecule is CNc1nnc(SCC2=C(C(=O)O)N3C(=O)C(NC(=O)Cc4ccccc4N)[C@H]3SC2)s1. The Morgan fingerprint density at radius 2 is 2.12 bits per heavy atom. The monoisotopic (exact) mass is 492 g/mol. The number of fused-ring (bicyclic) bond motifs is 1. The topological polar surface area (TPSA) is 151 Å². The summed E-state index contributed by atoms with van der Waals surface area (Å²) < 4.78 is 0.707. The fourth-order valence-corrected chi connectivity index (χ4v) is 6.60. The molecule has 2 aliphatic heterocycles. The first-order valence-electron chi connectivity index (χ1n) is 9.55. The molecule has 13 heteroatoms. The Kier molecular flexibility index (Phi) is 6.58. The second kappa shape index (κ2) is 9.38. The Morgan fingerprint density at radius 3 is 2.81 bits per heavy atom. The largest absolute Gasteiger partial charge is 0.477 e. The van der Waals surface area contributed by atoms with Crippen LogP contribution in [0.2, 0.25) is 0 Å². The number of hydrogen-bond donors (Lipinski definition) is 4. The van der Waals surface area contributed by atoms with E-state index in [1.54, 1.807) is 31.3 Å². The van der Waals surface area contributed by atoms with E-state index in [0.717, 1.165) is 0 Å². The molecule has 0 bridgehead atoms. The summed E-state index contributed by atoms with van der Waals surface area (Å²) in [7, 11) is 1.75. The van der Waals surface area contributed by atoms with Gasteiger partial charge < -0.3 is 21.5 Å². The van der Waals surface area contributed by atoms with Gasteiger partial charge in [-0.05, 0) is 17.2 Å². The third-order valence-electron chi connectivity index (χ3n) is 4.96. The quantitative estimate of drug-likeness (QED) is 0.241. The molecule has 1 aromatic heterocycles. The summed E-state index contributed by atoms with van der Waals surface area (Å²) in [5.74, 6) is -1.09. The number of carboxylic acid groups (broad SMARTS) is 1. The lowest BCUT2D eigenvalue weighted by Gasteiger charge is -2.49. The highest BCUT2D eigenvalue weighted by Gasteiger charge is 2.54. The summed E-state index contributed by atoms with van der Waals surface area (Å²) in [5.41, 5.74) is 7.69. The van der Waals surface area contributed by atoms with Gasteiger partial charge in [0.25, 0.3) is 5.91 Å². The highest BCUT2D eigenvalue weighted by molar-refractivity contribution is 8.01. The van der Waals surface area contributed by atoms with Crippen molar-refractivity contribution in [3.8, 4) is 0 Å². The first-order valence-corrected chi connectivity index (χ1v) is 12.4. The van der Waals surface area contributed by atoms with Gasteiger partial charge in [0.1, 0.15) is 17.1 Å². The third kappa shape index (κ3) is 4.40. The van der Waals surface area contributed by atoms with E-state index in [-0.39, 0.29) is 18.0 Å². The van der Waals surface area contributed by atoms with Crippen molar-refractivity contribution in [1.82, 2.24) is 20.4 Å². The van der Waals surface area contributed by atoms with Crippen molar-refractivity contribution in [2.45, 2.75) is 22.2 Å². The van der Waals surface area contributed by atoms with Crippen molar-refractivity contribution in [2.24, 2.45) is 0 Å². The molecule has 2 amide bonds. The molecule has 2 atom stereocenters. The fourth-order valence-electron chi connectivity index (χ4n) is 3.40. The second-order valence-electron chi connectivity index (χ2n) is 7.00. The van der Waals surface area contributed by atoms with Crippen LogP contribution in [0.1, 0.15) is 5.56 Å². The van der Waals surface area contributed by atoms with Crippen molar-refractivity contribution >= 4 is 63.5 Å². The Labute approximate surface area is 196 Å². The van der Waals surface area contributed by atoms with Gasteiger partial charge in [-0.3, -0.25) is 14.5 Å². The Morgan fingerprint density at radius 1 is 1.34 bits per heavy atom. The van der Waals surface area contributed by atoms with Crippen LogP contribution in [0, 0.1) is 0 Å². The normalized spacial score (nSPS) is 19.9. The highest BCUT2D eigenvalue weighted by atomic mass is 32.2. The average molecular weight is 493 g/mol. The Hall–Kier alpha value is -2.77. The van der Waals surface area contributed by atoms with Gasteiger partial charge in [0.05, 0.1) is 6.42 Å². The average Bonchev–Trinajstić information content (AvgIpc) is 3.25. The van der Waals surface area contributed by atoms with Crippen LogP contribution in [0.15, 0.2) is 39.9 Å². The fraction of sp³-hybridized carbons (Fsp3) is 0.316. The summed E-state index contributed by atoms with van der Waals surface area (Å²) in [6.07, 6.45) is 0.0494. The first kappa shape index (κ1) is 22.4. The molecule has 5 N–H and O–H groups in total. The van der Waals surface area contributed by atoms with Gasteiger partial charge in [0.2, 0.25) is 11.0 Å². The van der Waals surface area contributed by atoms with E-state index in [2.05, 4.69) is 20.8 Å². The minimum Gasteiger partial charge on any atom is -0.477 e. The molecule has 1 saturated heterocycles. The van der Waals surface area contributed by atoms with E-state index in [4.69, 9.17) is 5.73 Å². The molecule has 0 radical (unpaired) electrons. The predicted molar refractivity (Wildman–Crippen MR) is 124 cm³/mol. The van der Waals surface area contributed by atoms with Gasteiger partial charge in [-0.2, -0.15) is 0 Å². The van der Waals surface area contributed by atoms with Crippen LogP contribution < -0.4 is 16.4 Å². The number of aliphatic carboxylic acids is 1. The maximum atomic E-state index is 12.8. The van der Waals surface area contributed by atoms with E-state index >= 15 is 0 Å². The van der Waals surface area contributed by atoms with Crippen molar-refractivity contribution < 1.29 is 19.5 Å². The zero-order valence-electron chi connectivity index (χ0n) is 16.9. The highest BCUT2D eigenvalue weighted by Crippen LogP contribution is 2.42. The maximum absolute atomic E-state index is 12.8. The number of hydrogen-bond acceptors (Lipinski definition) is 10. The summed E-state index contributed by atoms with van der Waals surface area (Å²) in [5, 5.41) is 23.6. The number of anilines is 2. The lowest BCUT2D eigenvalue weighted by atomic mass is 10.0. The number of nitrogen functional groups attached to an aromatic ring is 1. The third-order valence-corrected chi connectivity index (χ3v) is 8.46. The molecular weight excluding hydrogens is 472 g/mol. The van der Waals surface area contributed by atoms with E-state index in [1.807, 2.05) is 0 Å². The number of amides is 2. The number of nitrogens with one attached hydrogen (secondary N) is 2. The molecule has 1 unspecified atom stereocenters. The van der Waals surface area contributed by atoms with Crippen LogP contribution in [0.5, 0.6) is 0 Å². The van der Waals surface area contributed by atoms with Crippen LogP contribution in [-0.4, -0.2) is 68.0 Å². The summed E-state index contributed by atoms with van der Waals surface area (Å²) in [4.78, 5) is 38.5. The van der Waals surface area contributed by atoms with Crippen molar-refractivity contribution in [2.75, 3.05) is 29.6 Å². The van der Waals surface area contributed by atoms with Crippen LogP contribution in [0.3, 0.4) is 0 Å². The molecule has 1 aromatic carbocycles. The zero-order chi connectivity index (χ0) is 22.8. The molecule has 3 heterocycles. The number of thioether (sulfide) groups is 2. The minimum absolute atomic E-state index is 0.0117. The molecule has 168 valence electrons. The van der Waals surface area contributed by atoms with Gasteiger partial charge in [-0.15, -0.1) is 22.0 Å². The summed E-state index contributed by atoms with van der Waals surface area (Å²) in [6, 6.07) is 6.27. The predicted octanol–water partition coefficient (Wildman–Crippen LogP) is 1.24. The lowest BCUT2D eigenvalue weighted by molar-refractivity contribution is -0.150. The number of carbonyl (C=O) groups is 3. The van der Waals surface area contributed by atoms with Crippen LogP contribution >= 0.6 is 34.9 Å². The number of nitrogens with two attached hydrogens (primary N) is 1. The van der Waals surface area contributed by atoms with Crippen LogP contribution in [0.25, 0.3) is 0 Å². The van der Waals surface area contributed by atoms with E-state index in [9.17, 15) is 19.5 Å². The van der Waals surface area contributed by atoms with Gasteiger partial charge in [-0.25, -0.2) is 4.79 Å². The summed E-state index contributed by atoms with van der Waals surface area (Å²) in [6.45, 7) is 0. The maximum Gasteiger partial charge on any atom is 0.352 e. The molecule has 1 fully saturated rings. The molecule has 32 heavy (non-hydrogen) atoms. The van der Waals surface area contributed by atoms with Gasteiger partial charge in [0.15, 0.2) is 4.34 Å². The van der Waals surface area contributed by atoms with Gasteiger partial charge in [-0.1, -0.05) is 41.3 Å². The minimum atomic E-state index is -1.16. The van der Waals surface area contributed by atoms with Crippen molar-refractivity contribution in [3.05, 3.63) is 41.1 Å². The number of aromatic nitrogens is 2. The molecule has 2 aliphatic rings. The number of benzene rings is 1. The van der Waals surface area contributed by atoms with Gasteiger partial charge >= 0.3 is 5.97 Å². The number of rotatable bonds is 8. The summed E-state index contributed by atoms with van der Waals surface area (Å²) >= 11 is 4.19. The molecule has 2 aromatic rings. The molecule has 0 spiro atoms. The van der Waals surface area contributed by atoms with Crippen molar-refractivity contribution in [3.63, 3.8) is 0 Å². The Balaban J connectivity index is 1.43. The van der Waals surface area contributed by atoms with E-state index < -0.39 is 23.3 Å². The molecule has 0 aliphatic carbocycles. The van der Waals surface area contributed by atoms with Crippen LogP contribution in [-0.2, 0) is 20.8 Å². The first-order chi connectivity index (χ1) is 15.4. The number of para-hydroxylation sites is 1. The van der Waals surface area contributed by atoms with Gasteiger partial charge in [0, 0.05) is 24.2 Å². The number of nitrogens with zero attached hydrogens (tertiary/aromatic N) is 3. The van der Waals surface area contributed by atoms with E-state index in [1.165, 1.54) is 39.8 Å².